The number of nitrogens with zero attached hydrogens (tertiary/aromatic N) is 4. The van der Waals surface area contributed by atoms with Crippen LogP contribution in [-0.2, 0) is 12.6 Å². The highest BCUT2D eigenvalue weighted by molar-refractivity contribution is 7.13. The molecule has 0 spiro atoms. The molecule has 11 heteroatoms. The van der Waals surface area contributed by atoms with Crippen LogP contribution < -0.4 is 10.3 Å². The Morgan fingerprint density at radius 2 is 1.96 bits per heavy atom. The summed E-state index contributed by atoms with van der Waals surface area (Å²) in [5.74, 6) is 0.740. The van der Waals surface area contributed by atoms with E-state index in [4.69, 9.17) is 4.74 Å². The number of thiazole rings is 1. The minimum Gasteiger partial charge on any atom is -0.497 e. The van der Waals surface area contributed by atoms with Gasteiger partial charge >= 0.3 is 6.18 Å². The third kappa shape index (κ3) is 6.73. The zero-order chi connectivity index (χ0) is 32.5. The molecule has 0 bridgehead atoms. The van der Waals surface area contributed by atoms with Gasteiger partial charge in [0.25, 0.3) is 11.5 Å². The summed E-state index contributed by atoms with van der Waals surface area (Å²) in [6, 6.07) is 9.37. The molecule has 1 saturated heterocycles. The molecule has 4 heterocycles. The number of likely N-dealkylation sites (tertiary alicyclic amines) is 1. The first-order valence-corrected chi connectivity index (χ1v) is 15.7. The van der Waals surface area contributed by atoms with E-state index in [1.54, 1.807) is 29.2 Å². The molecule has 0 radical (unpaired) electrons. The molecule has 1 fully saturated rings. The lowest BCUT2D eigenvalue weighted by Crippen LogP contribution is -2.40. The molecule has 3 aromatic heterocycles. The first-order valence-electron chi connectivity index (χ1n) is 14.8. The van der Waals surface area contributed by atoms with E-state index in [1.807, 2.05) is 43.9 Å². The molecule has 5 rings (SSSR count). The number of alkyl halides is 3. The SMILES string of the molecule is CCc1ccc(OC)cc1-n1c(C=C(C)C)c(C(=O)N2CCC[C@@H](C)C2)cc(-c2nc(-c3ccc(C(F)(F)F)nc3)cs2)c1=O. The van der Waals surface area contributed by atoms with Crippen molar-refractivity contribution >= 4 is 23.3 Å². The number of aryl methyl sites for hydroxylation is 1. The Morgan fingerprint density at radius 3 is 2.58 bits per heavy atom. The van der Waals surface area contributed by atoms with Crippen LogP contribution in [0.5, 0.6) is 5.75 Å². The molecule has 0 unspecified atom stereocenters. The molecule has 1 aliphatic rings. The van der Waals surface area contributed by atoms with E-state index in [2.05, 4.69) is 16.9 Å². The van der Waals surface area contributed by atoms with Crippen LogP contribution in [0.15, 0.2) is 58.3 Å². The van der Waals surface area contributed by atoms with Crippen molar-refractivity contribution < 1.29 is 22.7 Å². The Balaban J connectivity index is 1.76. The molecule has 1 aromatic carbocycles. The number of aromatic nitrogens is 3. The molecule has 4 aromatic rings. The van der Waals surface area contributed by atoms with Gasteiger partial charge in [0, 0.05) is 36.3 Å². The van der Waals surface area contributed by atoms with Crippen molar-refractivity contribution in [2.45, 2.75) is 53.1 Å². The van der Waals surface area contributed by atoms with Crippen LogP contribution in [0.1, 0.15) is 67.8 Å². The summed E-state index contributed by atoms with van der Waals surface area (Å²) in [7, 11) is 1.56. The van der Waals surface area contributed by atoms with Crippen molar-refractivity contribution in [1.82, 2.24) is 19.4 Å². The minimum absolute atomic E-state index is 0.172. The van der Waals surface area contributed by atoms with E-state index in [0.29, 0.717) is 64.4 Å². The molecule has 0 N–H and O–H groups in total. The van der Waals surface area contributed by atoms with Crippen molar-refractivity contribution in [3.8, 4) is 33.3 Å². The molecular formula is C34H35F3N4O3S. The molecule has 1 atom stereocenters. The van der Waals surface area contributed by atoms with Gasteiger partial charge in [-0.3, -0.25) is 19.1 Å². The predicted molar refractivity (Wildman–Crippen MR) is 171 cm³/mol. The summed E-state index contributed by atoms with van der Waals surface area (Å²) >= 11 is 1.18. The number of carbonyl (C=O) groups is 1. The number of pyridine rings is 2. The third-order valence-electron chi connectivity index (χ3n) is 7.84. The maximum atomic E-state index is 14.5. The zero-order valence-corrected chi connectivity index (χ0v) is 26.7. The topological polar surface area (TPSA) is 77.3 Å². The zero-order valence-electron chi connectivity index (χ0n) is 25.9. The average molecular weight is 637 g/mol. The van der Waals surface area contributed by atoms with Crippen molar-refractivity contribution in [2.75, 3.05) is 20.2 Å². The minimum atomic E-state index is -4.56. The van der Waals surface area contributed by atoms with Gasteiger partial charge in [0.1, 0.15) is 16.5 Å². The monoisotopic (exact) mass is 636 g/mol. The summed E-state index contributed by atoms with van der Waals surface area (Å²) in [5.41, 5.74) is 2.84. The molecule has 1 amide bonds. The lowest BCUT2D eigenvalue weighted by molar-refractivity contribution is -0.141. The molecular weight excluding hydrogens is 601 g/mol. The number of ether oxygens (including phenoxy) is 1. The number of carbonyl (C=O) groups excluding carboxylic acids is 1. The highest BCUT2D eigenvalue weighted by atomic mass is 32.1. The maximum Gasteiger partial charge on any atom is 0.433 e. The number of hydrogen-bond donors (Lipinski definition) is 0. The van der Waals surface area contributed by atoms with Crippen LogP contribution in [-0.4, -0.2) is 45.5 Å². The summed E-state index contributed by atoms with van der Waals surface area (Å²) in [5, 5.41) is 2.01. The van der Waals surface area contributed by atoms with Crippen LogP contribution in [0.4, 0.5) is 13.2 Å². The fraction of sp³-hybridized carbons (Fsp3) is 0.353. The lowest BCUT2D eigenvalue weighted by Gasteiger charge is -2.32. The smallest absolute Gasteiger partial charge is 0.433 e. The summed E-state index contributed by atoms with van der Waals surface area (Å²) in [4.78, 5) is 38.9. The number of methoxy groups -OCH3 is 1. The van der Waals surface area contributed by atoms with Crippen LogP contribution in [0.3, 0.4) is 0 Å². The summed E-state index contributed by atoms with van der Waals surface area (Å²) in [6.45, 7) is 9.18. The number of amides is 1. The van der Waals surface area contributed by atoms with E-state index < -0.39 is 11.9 Å². The molecule has 7 nitrogen and oxygen atoms in total. The third-order valence-corrected chi connectivity index (χ3v) is 8.71. The fourth-order valence-corrected chi connectivity index (χ4v) is 6.41. The number of rotatable bonds is 7. The van der Waals surface area contributed by atoms with E-state index in [9.17, 15) is 22.8 Å². The first-order chi connectivity index (χ1) is 21.4. The Labute approximate surface area is 264 Å². The van der Waals surface area contributed by atoms with E-state index in [1.165, 1.54) is 17.4 Å². The van der Waals surface area contributed by atoms with E-state index in [0.717, 1.165) is 36.2 Å². The maximum absolute atomic E-state index is 14.5. The summed E-state index contributed by atoms with van der Waals surface area (Å²) in [6.07, 6.45) is 0.972. The second kappa shape index (κ2) is 13.0. The normalized spacial score (nSPS) is 15.2. The molecule has 45 heavy (non-hydrogen) atoms. The van der Waals surface area contributed by atoms with Gasteiger partial charge in [-0.2, -0.15) is 13.2 Å². The molecule has 0 aliphatic carbocycles. The Kier molecular flexibility index (Phi) is 9.29. The highest BCUT2D eigenvalue weighted by Crippen LogP contribution is 2.33. The first kappa shape index (κ1) is 32.2. The quantitative estimate of drug-likeness (QED) is 0.206. The number of allylic oxidation sites excluding steroid dienone is 1. The Bertz CT molecular complexity index is 1800. The largest absolute Gasteiger partial charge is 0.497 e. The van der Waals surface area contributed by atoms with Gasteiger partial charge in [0.05, 0.1) is 35.3 Å². The van der Waals surface area contributed by atoms with E-state index in [-0.39, 0.29) is 17.0 Å². The Morgan fingerprint density at radius 1 is 1.18 bits per heavy atom. The van der Waals surface area contributed by atoms with Crippen LogP contribution in [0.2, 0.25) is 0 Å². The van der Waals surface area contributed by atoms with Crippen LogP contribution >= 0.6 is 11.3 Å². The number of halogens is 3. The van der Waals surface area contributed by atoms with Gasteiger partial charge in [-0.25, -0.2) is 4.98 Å². The number of piperidine rings is 1. The lowest BCUT2D eigenvalue weighted by atomic mass is 9.98. The highest BCUT2D eigenvalue weighted by Gasteiger charge is 2.32. The van der Waals surface area contributed by atoms with Crippen molar-refractivity contribution in [2.24, 2.45) is 5.92 Å². The van der Waals surface area contributed by atoms with Gasteiger partial charge in [-0.1, -0.05) is 25.5 Å². The van der Waals surface area contributed by atoms with Crippen molar-refractivity contribution in [3.05, 3.63) is 86.4 Å². The van der Waals surface area contributed by atoms with E-state index >= 15 is 0 Å². The Hall–Kier alpha value is -4.25. The van der Waals surface area contributed by atoms with Gasteiger partial charge in [0.2, 0.25) is 0 Å². The standard InChI is InChI=1S/C34H35F3N4O3S/c1-6-22-9-11-24(44-5)15-28(22)41-29(14-20(2)3)25(32(42)40-13-7-8-21(4)18-40)16-26(33(41)43)31-39-27(19-45-31)23-10-12-30(38-17-23)34(35,36)37/h9-12,14-17,19,21H,6-8,13,18H2,1-5H3/t21-/m1/s1. The molecule has 1 aliphatic heterocycles. The predicted octanol–water partition coefficient (Wildman–Crippen LogP) is 7.91. The van der Waals surface area contributed by atoms with Gasteiger partial charge < -0.3 is 9.64 Å². The van der Waals surface area contributed by atoms with Crippen LogP contribution in [0, 0.1) is 5.92 Å². The van der Waals surface area contributed by atoms with Crippen LogP contribution in [0.25, 0.3) is 33.6 Å². The second-order valence-corrected chi connectivity index (χ2v) is 12.4. The van der Waals surface area contributed by atoms with Crippen molar-refractivity contribution in [3.63, 3.8) is 0 Å². The van der Waals surface area contributed by atoms with Gasteiger partial charge in [0.15, 0.2) is 0 Å². The van der Waals surface area contributed by atoms with Crippen molar-refractivity contribution in [1.29, 1.82) is 0 Å². The van der Waals surface area contributed by atoms with Gasteiger partial charge in [-0.05, 0) is 74.9 Å². The number of hydrogen-bond acceptors (Lipinski definition) is 6. The second-order valence-electron chi connectivity index (χ2n) is 11.5. The van der Waals surface area contributed by atoms with Gasteiger partial charge in [-0.15, -0.1) is 11.3 Å². The average Bonchev–Trinajstić information content (AvgIpc) is 3.50. The summed E-state index contributed by atoms with van der Waals surface area (Å²) < 4.78 is 46.4. The molecule has 236 valence electrons. The fourth-order valence-electron chi connectivity index (χ4n) is 5.57. The molecule has 0 saturated carbocycles. The number of benzene rings is 1.